The highest BCUT2D eigenvalue weighted by Crippen LogP contribution is 2.24. The fraction of sp³-hybridized carbons (Fsp3) is 0.364. The average molecular weight is 591 g/mol. The van der Waals surface area contributed by atoms with Gasteiger partial charge in [-0.3, -0.25) is 9.52 Å². The molecule has 172 valence electrons. The number of esters is 1. The molecule has 32 heavy (non-hydrogen) atoms. The molecule has 1 heterocycles. The number of amides is 1. The largest absolute Gasteiger partial charge is 0.452 e. The molecule has 1 unspecified atom stereocenters. The highest BCUT2D eigenvalue weighted by atomic mass is 127. The summed E-state index contributed by atoms with van der Waals surface area (Å²) in [4.78, 5) is 26.8. The van der Waals surface area contributed by atoms with Crippen LogP contribution in [0.2, 0.25) is 5.02 Å². The summed E-state index contributed by atoms with van der Waals surface area (Å²) in [6, 6.07) is 10.7. The van der Waals surface area contributed by atoms with Gasteiger partial charge in [0.2, 0.25) is 0 Å². The van der Waals surface area contributed by atoms with E-state index < -0.39 is 22.6 Å². The number of halogens is 2. The van der Waals surface area contributed by atoms with E-state index in [0.717, 1.165) is 35.3 Å². The van der Waals surface area contributed by atoms with Gasteiger partial charge in [0.25, 0.3) is 15.9 Å². The summed E-state index contributed by atoms with van der Waals surface area (Å²) in [5, 5.41) is 0.0417. The van der Waals surface area contributed by atoms with Crippen LogP contribution in [0.1, 0.15) is 43.0 Å². The molecule has 1 aliphatic heterocycles. The number of likely N-dealkylation sites (tertiary alicyclic amines) is 1. The van der Waals surface area contributed by atoms with Crippen LogP contribution in [-0.2, 0) is 19.6 Å². The van der Waals surface area contributed by atoms with Crippen LogP contribution in [0, 0.1) is 3.57 Å². The van der Waals surface area contributed by atoms with Crippen molar-refractivity contribution in [1.29, 1.82) is 0 Å². The Morgan fingerprint density at radius 1 is 1.19 bits per heavy atom. The lowest BCUT2D eigenvalue weighted by molar-refractivity contribution is -0.138. The van der Waals surface area contributed by atoms with E-state index in [9.17, 15) is 18.0 Å². The van der Waals surface area contributed by atoms with Gasteiger partial charge in [-0.2, -0.15) is 0 Å². The zero-order valence-corrected chi connectivity index (χ0v) is 21.2. The summed E-state index contributed by atoms with van der Waals surface area (Å²) in [7, 11) is -3.95. The maximum Gasteiger partial charge on any atom is 0.340 e. The summed E-state index contributed by atoms with van der Waals surface area (Å²) >= 11 is 8.24. The number of benzene rings is 2. The Labute approximate surface area is 206 Å². The number of hydrogen-bond acceptors (Lipinski definition) is 5. The zero-order chi connectivity index (χ0) is 23.3. The van der Waals surface area contributed by atoms with Crippen molar-refractivity contribution in [3.05, 3.63) is 56.6 Å². The predicted molar refractivity (Wildman–Crippen MR) is 131 cm³/mol. The van der Waals surface area contributed by atoms with Gasteiger partial charge in [0.15, 0.2) is 6.61 Å². The number of piperidine rings is 1. The lowest BCUT2D eigenvalue weighted by atomic mass is 10.00. The van der Waals surface area contributed by atoms with Gasteiger partial charge < -0.3 is 9.64 Å². The molecule has 1 saturated heterocycles. The van der Waals surface area contributed by atoms with Crippen molar-refractivity contribution in [2.45, 2.75) is 43.5 Å². The Hall–Kier alpha value is -1.85. The van der Waals surface area contributed by atoms with Gasteiger partial charge in [-0.1, -0.05) is 18.5 Å². The third kappa shape index (κ3) is 6.14. The van der Waals surface area contributed by atoms with Crippen molar-refractivity contribution in [1.82, 2.24) is 4.90 Å². The molecule has 2 aromatic carbocycles. The first kappa shape index (κ1) is 24.8. The molecule has 1 fully saturated rings. The summed E-state index contributed by atoms with van der Waals surface area (Å²) < 4.78 is 34.1. The van der Waals surface area contributed by atoms with Crippen LogP contribution in [-0.4, -0.2) is 44.4 Å². The molecule has 1 N–H and O–H groups in total. The number of hydrogen-bond donors (Lipinski definition) is 1. The van der Waals surface area contributed by atoms with E-state index in [0.29, 0.717) is 12.2 Å². The minimum atomic E-state index is -3.95. The van der Waals surface area contributed by atoms with Crippen molar-refractivity contribution in [3.8, 4) is 0 Å². The summed E-state index contributed by atoms with van der Waals surface area (Å²) in [6.07, 6.45) is 3.79. The molecule has 0 aromatic heterocycles. The lowest BCUT2D eigenvalue weighted by Crippen LogP contribution is -2.45. The molecule has 3 rings (SSSR count). The number of carbonyl (C=O) groups excluding carboxylic acids is 2. The molecule has 0 radical (unpaired) electrons. The van der Waals surface area contributed by atoms with Gasteiger partial charge in [0.05, 0.1) is 15.5 Å². The van der Waals surface area contributed by atoms with Crippen molar-refractivity contribution >= 4 is 61.8 Å². The maximum absolute atomic E-state index is 12.7. The standard InChI is InChI=1S/C22H24ClIN2O5S/c1-2-17-5-3-4-12-26(17)21(27)14-31-22(28)19-13-18(10-11-20(19)23)32(29,30)25-16-8-6-15(24)7-9-16/h6-11,13,17,25H,2-5,12,14H2,1H3. The predicted octanol–water partition coefficient (Wildman–Crippen LogP) is 4.69. The molecular formula is C22H24ClIN2O5S. The minimum Gasteiger partial charge on any atom is -0.452 e. The molecule has 1 amide bonds. The first-order valence-electron chi connectivity index (χ1n) is 10.3. The van der Waals surface area contributed by atoms with Gasteiger partial charge >= 0.3 is 5.97 Å². The summed E-state index contributed by atoms with van der Waals surface area (Å²) in [5.74, 6) is -1.11. The fourth-order valence-electron chi connectivity index (χ4n) is 3.60. The normalized spacial score (nSPS) is 16.5. The topological polar surface area (TPSA) is 92.8 Å². The first-order chi connectivity index (χ1) is 15.2. The third-order valence-electron chi connectivity index (χ3n) is 5.31. The smallest absolute Gasteiger partial charge is 0.340 e. The summed E-state index contributed by atoms with van der Waals surface area (Å²) in [6.45, 7) is 2.26. The SMILES string of the molecule is CCC1CCCCN1C(=O)COC(=O)c1cc(S(=O)(=O)Nc2ccc(I)cc2)ccc1Cl. The van der Waals surface area contributed by atoms with Crippen molar-refractivity contribution in [2.24, 2.45) is 0 Å². The Balaban J connectivity index is 1.71. The molecule has 7 nitrogen and oxygen atoms in total. The van der Waals surface area contributed by atoms with Crippen molar-refractivity contribution in [3.63, 3.8) is 0 Å². The molecule has 10 heteroatoms. The highest BCUT2D eigenvalue weighted by Gasteiger charge is 2.27. The van der Waals surface area contributed by atoms with Gasteiger partial charge in [0.1, 0.15) is 0 Å². The van der Waals surface area contributed by atoms with E-state index in [1.807, 2.05) is 6.92 Å². The molecule has 2 aromatic rings. The van der Waals surface area contributed by atoms with Gasteiger partial charge in [-0.05, 0) is 90.7 Å². The first-order valence-corrected chi connectivity index (χ1v) is 13.2. The number of rotatable bonds is 7. The Morgan fingerprint density at radius 3 is 2.59 bits per heavy atom. The molecule has 0 spiro atoms. The molecule has 1 atom stereocenters. The van der Waals surface area contributed by atoms with Crippen molar-refractivity contribution < 1.29 is 22.7 Å². The molecule has 1 aliphatic rings. The minimum absolute atomic E-state index is 0.0417. The van der Waals surface area contributed by atoms with Crippen LogP contribution in [0.5, 0.6) is 0 Å². The summed E-state index contributed by atoms with van der Waals surface area (Å²) in [5.41, 5.74) is 0.276. The molecule has 0 saturated carbocycles. The van der Waals surface area contributed by atoms with Crippen LogP contribution >= 0.6 is 34.2 Å². The quantitative estimate of drug-likeness (QED) is 0.373. The number of ether oxygens (including phenoxy) is 1. The van der Waals surface area contributed by atoms with Crippen LogP contribution in [0.4, 0.5) is 5.69 Å². The van der Waals surface area contributed by atoms with E-state index in [-0.39, 0.29) is 27.4 Å². The van der Waals surface area contributed by atoms with E-state index in [1.165, 1.54) is 12.1 Å². The van der Waals surface area contributed by atoms with Gasteiger partial charge in [-0.15, -0.1) is 0 Å². The van der Waals surface area contributed by atoms with E-state index in [4.69, 9.17) is 16.3 Å². The monoisotopic (exact) mass is 590 g/mol. The molecule has 0 bridgehead atoms. The number of sulfonamides is 1. The lowest BCUT2D eigenvalue weighted by Gasteiger charge is -2.35. The zero-order valence-electron chi connectivity index (χ0n) is 17.5. The number of nitrogens with one attached hydrogen (secondary N) is 1. The van der Waals surface area contributed by atoms with E-state index >= 15 is 0 Å². The second-order valence-electron chi connectivity index (χ2n) is 7.48. The molecular weight excluding hydrogens is 567 g/mol. The third-order valence-corrected chi connectivity index (χ3v) is 7.74. The Morgan fingerprint density at radius 2 is 1.91 bits per heavy atom. The number of anilines is 1. The van der Waals surface area contributed by atoms with E-state index in [2.05, 4.69) is 27.3 Å². The second-order valence-corrected chi connectivity index (χ2v) is 10.8. The van der Waals surface area contributed by atoms with Crippen LogP contribution in [0.25, 0.3) is 0 Å². The number of nitrogens with zero attached hydrogens (tertiary/aromatic N) is 1. The Kier molecular flexibility index (Phi) is 8.40. The molecule has 0 aliphatic carbocycles. The van der Waals surface area contributed by atoms with Crippen LogP contribution in [0.15, 0.2) is 47.4 Å². The van der Waals surface area contributed by atoms with E-state index in [1.54, 1.807) is 29.2 Å². The highest BCUT2D eigenvalue weighted by molar-refractivity contribution is 14.1. The average Bonchev–Trinajstić information content (AvgIpc) is 2.78. The van der Waals surface area contributed by atoms with Gasteiger partial charge in [0, 0.05) is 21.8 Å². The second kappa shape index (κ2) is 10.8. The van der Waals surface area contributed by atoms with Gasteiger partial charge in [-0.25, -0.2) is 13.2 Å². The fourth-order valence-corrected chi connectivity index (χ4v) is 5.24. The van der Waals surface area contributed by atoms with Crippen molar-refractivity contribution in [2.75, 3.05) is 17.9 Å². The Bertz CT molecular complexity index is 1090. The maximum atomic E-state index is 12.7. The number of carbonyl (C=O) groups is 2. The van der Waals surface area contributed by atoms with Crippen LogP contribution in [0.3, 0.4) is 0 Å². The van der Waals surface area contributed by atoms with Crippen LogP contribution < -0.4 is 4.72 Å².